The van der Waals surface area contributed by atoms with E-state index in [0.29, 0.717) is 12.5 Å². The Morgan fingerprint density at radius 1 is 1.55 bits per heavy atom. The van der Waals surface area contributed by atoms with Crippen LogP contribution in [0.15, 0.2) is 0 Å². The molecule has 3 nitrogen and oxygen atoms in total. The summed E-state index contributed by atoms with van der Waals surface area (Å²) in [6.45, 7) is 6.21. The third-order valence-electron chi connectivity index (χ3n) is 1.54. The summed E-state index contributed by atoms with van der Waals surface area (Å²) in [6.07, 6.45) is 0. The molecular formula is C8H17NO2. The van der Waals surface area contributed by atoms with Crippen molar-refractivity contribution in [2.75, 3.05) is 13.7 Å². The SMILES string of the molecule is COCC(NC(C)=O)C(C)C. The van der Waals surface area contributed by atoms with Gasteiger partial charge in [0.2, 0.25) is 5.91 Å². The van der Waals surface area contributed by atoms with Crippen LogP contribution in [0.5, 0.6) is 0 Å². The van der Waals surface area contributed by atoms with Crippen molar-refractivity contribution in [3.63, 3.8) is 0 Å². The topological polar surface area (TPSA) is 38.3 Å². The lowest BCUT2D eigenvalue weighted by molar-refractivity contribution is -0.120. The zero-order valence-electron chi connectivity index (χ0n) is 7.68. The predicted octanol–water partition coefficient (Wildman–Crippen LogP) is 0.793. The van der Waals surface area contributed by atoms with Gasteiger partial charge in [0.1, 0.15) is 0 Å². The Morgan fingerprint density at radius 3 is 2.36 bits per heavy atom. The first kappa shape index (κ1) is 10.4. The van der Waals surface area contributed by atoms with Crippen molar-refractivity contribution in [3.8, 4) is 0 Å². The third kappa shape index (κ3) is 4.79. The molecular weight excluding hydrogens is 142 g/mol. The van der Waals surface area contributed by atoms with Crippen LogP contribution in [0.25, 0.3) is 0 Å². The number of rotatable bonds is 4. The highest BCUT2D eigenvalue weighted by Gasteiger charge is 2.12. The quantitative estimate of drug-likeness (QED) is 0.658. The Kier molecular flexibility index (Phi) is 4.86. The van der Waals surface area contributed by atoms with E-state index in [9.17, 15) is 4.79 Å². The average Bonchev–Trinajstić information content (AvgIpc) is 1.86. The van der Waals surface area contributed by atoms with Gasteiger partial charge in [0.25, 0.3) is 0 Å². The third-order valence-corrected chi connectivity index (χ3v) is 1.54. The minimum atomic E-state index is 0.000694. The van der Waals surface area contributed by atoms with E-state index in [2.05, 4.69) is 19.2 Å². The zero-order chi connectivity index (χ0) is 8.85. The summed E-state index contributed by atoms with van der Waals surface area (Å²) >= 11 is 0. The molecule has 66 valence electrons. The summed E-state index contributed by atoms with van der Waals surface area (Å²) in [5.41, 5.74) is 0. The van der Waals surface area contributed by atoms with E-state index in [0.717, 1.165) is 0 Å². The van der Waals surface area contributed by atoms with Crippen LogP contribution >= 0.6 is 0 Å². The molecule has 0 fully saturated rings. The highest BCUT2D eigenvalue weighted by atomic mass is 16.5. The Bertz CT molecular complexity index is 123. The van der Waals surface area contributed by atoms with Gasteiger partial charge in [-0.2, -0.15) is 0 Å². The number of nitrogens with one attached hydrogen (secondary N) is 1. The van der Waals surface area contributed by atoms with Crippen LogP contribution in [0.1, 0.15) is 20.8 Å². The molecule has 0 heterocycles. The fraction of sp³-hybridized carbons (Fsp3) is 0.875. The van der Waals surface area contributed by atoms with Gasteiger partial charge in [-0.25, -0.2) is 0 Å². The molecule has 3 heteroatoms. The smallest absolute Gasteiger partial charge is 0.217 e. The van der Waals surface area contributed by atoms with Gasteiger partial charge < -0.3 is 10.1 Å². The zero-order valence-corrected chi connectivity index (χ0v) is 7.68. The average molecular weight is 159 g/mol. The molecule has 1 amide bonds. The van der Waals surface area contributed by atoms with Crippen molar-refractivity contribution in [1.82, 2.24) is 5.32 Å². The van der Waals surface area contributed by atoms with E-state index in [1.54, 1.807) is 7.11 Å². The maximum atomic E-state index is 10.7. The van der Waals surface area contributed by atoms with Crippen LogP contribution < -0.4 is 5.32 Å². The first-order chi connectivity index (χ1) is 5.07. The maximum Gasteiger partial charge on any atom is 0.217 e. The van der Waals surface area contributed by atoms with Crippen LogP contribution in [0.3, 0.4) is 0 Å². The van der Waals surface area contributed by atoms with Gasteiger partial charge in [0, 0.05) is 14.0 Å². The molecule has 0 rings (SSSR count). The molecule has 11 heavy (non-hydrogen) atoms. The normalized spacial score (nSPS) is 13.2. The first-order valence-electron chi connectivity index (χ1n) is 3.84. The molecule has 0 aliphatic rings. The molecule has 0 aromatic carbocycles. The molecule has 0 saturated carbocycles. The Labute approximate surface area is 68.1 Å². The summed E-state index contributed by atoms with van der Waals surface area (Å²) in [5, 5.41) is 2.82. The minimum Gasteiger partial charge on any atom is -0.383 e. The second-order valence-electron chi connectivity index (χ2n) is 3.01. The second-order valence-corrected chi connectivity index (χ2v) is 3.01. The molecule has 0 radical (unpaired) electrons. The molecule has 0 aromatic heterocycles. The molecule has 0 aliphatic carbocycles. The fourth-order valence-electron chi connectivity index (χ4n) is 0.841. The van der Waals surface area contributed by atoms with Crippen molar-refractivity contribution in [2.45, 2.75) is 26.8 Å². The number of methoxy groups -OCH3 is 1. The monoisotopic (exact) mass is 159 g/mol. The Hall–Kier alpha value is -0.570. The lowest BCUT2D eigenvalue weighted by Gasteiger charge is -2.20. The predicted molar refractivity (Wildman–Crippen MR) is 44.3 cm³/mol. The highest BCUT2D eigenvalue weighted by molar-refractivity contribution is 5.73. The van der Waals surface area contributed by atoms with Crippen LogP contribution in [0.4, 0.5) is 0 Å². The van der Waals surface area contributed by atoms with E-state index < -0.39 is 0 Å². The molecule has 0 spiro atoms. The summed E-state index contributed by atoms with van der Waals surface area (Å²) in [7, 11) is 1.64. The number of hydrogen-bond acceptors (Lipinski definition) is 2. The van der Waals surface area contributed by atoms with Crippen molar-refractivity contribution in [3.05, 3.63) is 0 Å². The van der Waals surface area contributed by atoms with E-state index in [4.69, 9.17) is 4.74 Å². The fourth-order valence-corrected chi connectivity index (χ4v) is 0.841. The molecule has 0 aromatic rings. The van der Waals surface area contributed by atoms with E-state index in [1.165, 1.54) is 6.92 Å². The molecule has 1 unspecified atom stereocenters. The van der Waals surface area contributed by atoms with Gasteiger partial charge in [-0.15, -0.1) is 0 Å². The highest BCUT2D eigenvalue weighted by Crippen LogP contribution is 2.00. The van der Waals surface area contributed by atoms with E-state index in [-0.39, 0.29) is 11.9 Å². The standard InChI is InChI=1S/C8H17NO2/c1-6(2)8(5-11-4)9-7(3)10/h6,8H,5H2,1-4H3,(H,9,10). The van der Waals surface area contributed by atoms with Gasteiger partial charge in [-0.3, -0.25) is 4.79 Å². The van der Waals surface area contributed by atoms with Crippen LogP contribution in [0.2, 0.25) is 0 Å². The first-order valence-corrected chi connectivity index (χ1v) is 3.84. The summed E-state index contributed by atoms with van der Waals surface area (Å²) in [6, 6.07) is 0.137. The van der Waals surface area contributed by atoms with Crippen LogP contribution in [-0.2, 0) is 9.53 Å². The Balaban J connectivity index is 3.79. The maximum absolute atomic E-state index is 10.7. The molecule has 1 N–H and O–H groups in total. The lowest BCUT2D eigenvalue weighted by Crippen LogP contribution is -2.40. The Morgan fingerprint density at radius 2 is 2.09 bits per heavy atom. The summed E-state index contributed by atoms with van der Waals surface area (Å²) in [4.78, 5) is 10.7. The van der Waals surface area contributed by atoms with Crippen molar-refractivity contribution in [1.29, 1.82) is 0 Å². The molecule has 0 bridgehead atoms. The van der Waals surface area contributed by atoms with Gasteiger partial charge >= 0.3 is 0 Å². The summed E-state index contributed by atoms with van der Waals surface area (Å²) < 4.78 is 4.95. The van der Waals surface area contributed by atoms with Gasteiger partial charge in [-0.1, -0.05) is 13.8 Å². The van der Waals surface area contributed by atoms with Gasteiger partial charge in [-0.05, 0) is 5.92 Å². The van der Waals surface area contributed by atoms with Crippen LogP contribution in [-0.4, -0.2) is 25.7 Å². The number of hydrogen-bond donors (Lipinski definition) is 1. The molecule has 0 aliphatic heterocycles. The minimum absolute atomic E-state index is 0.000694. The van der Waals surface area contributed by atoms with Crippen molar-refractivity contribution < 1.29 is 9.53 Å². The van der Waals surface area contributed by atoms with Crippen LogP contribution in [0, 0.1) is 5.92 Å². The molecule has 1 atom stereocenters. The van der Waals surface area contributed by atoms with E-state index in [1.807, 2.05) is 0 Å². The number of amides is 1. The van der Waals surface area contributed by atoms with Crippen molar-refractivity contribution >= 4 is 5.91 Å². The van der Waals surface area contributed by atoms with Gasteiger partial charge in [0.05, 0.1) is 12.6 Å². The van der Waals surface area contributed by atoms with Gasteiger partial charge in [0.15, 0.2) is 0 Å². The number of carbonyl (C=O) groups excluding carboxylic acids is 1. The van der Waals surface area contributed by atoms with Crippen molar-refractivity contribution in [2.24, 2.45) is 5.92 Å². The number of ether oxygens (including phenoxy) is 1. The number of carbonyl (C=O) groups is 1. The molecule has 0 saturated heterocycles. The lowest BCUT2D eigenvalue weighted by atomic mass is 10.1. The van der Waals surface area contributed by atoms with E-state index >= 15 is 0 Å². The largest absolute Gasteiger partial charge is 0.383 e. The second kappa shape index (κ2) is 5.13. The summed E-state index contributed by atoms with van der Waals surface area (Å²) in [5.74, 6) is 0.416.